The van der Waals surface area contributed by atoms with Crippen LogP contribution >= 0.6 is 23.8 Å². The number of ether oxygens (including phenoxy) is 1. The van der Waals surface area contributed by atoms with Crippen molar-refractivity contribution in [2.75, 3.05) is 20.1 Å². The van der Waals surface area contributed by atoms with Crippen LogP contribution in [0.25, 0.3) is 0 Å². The summed E-state index contributed by atoms with van der Waals surface area (Å²) in [5, 5.41) is 7.89. The Hall–Kier alpha value is -1.90. The highest BCUT2D eigenvalue weighted by molar-refractivity contribution is 7.71. The van der Waals surface area contributed by atoms with Gasteiger partial charge in [0, 0.05) is 13.6 Å². The average Bonchev–Trinajstić information content (AvgIpc) is 2.87. The minimum absolute atomic E-state index is 0.0147. The maximum atomic E-state index is 11.8. The maximum Gasteiger partial charge on any atom is 0.234 e. The molecule has 1 heterocycles. The van der Waals surface area contributed by atoms with Crippen molar-refractivity contribution in [2.45, 2.75) is 26.6 Å². The highest BCUT2D eigenvalue weighted by Crippen LogP contribution is 2.23. The molecular weight excluding hydrogens is 374 g/mol. The number of benzene rings is 1. The van der Waals surface area contributed by atoms with Crippen LogP contribution in [0.4, 0.5) is 0 Å². The summed E-state index contributed by atoms with van der Waals surface area (Å²) in [6.45, 7) is 3.64. The zero-order valence-electron chi connectivity index (χ0n) is 15.2. The van der Waals surface area contributed by atoms with E-state index in [0.717, 1.165) is 6.42 Å². The number of amides is 1. The Morgan fingerprint density at radius 3 is 2.85 bits per heavy atom. The predicted molar refractivity (Wildman–Crippen MR) is 104 cm³/mol. The minimum Gasteiger partial charge on any atom is -0.484 e. The van der Waals surface area contributed by atoms with E-state index in [1.54, 1.807) is 21.4 Å². The van der Waals surface area contributed by atoms with Crippen LogP contribution < -0.4 is 10.1 Å². The first-order valence-corrected chi connectivity index (χ1v) is 9.16. The molecule has 1 aromatic heterocycles. The van der Waals surface area contributed by atoms with Crippen LogP contribution in [0.15, 0.2) is 24.3 Å². The molecule has 0 aliphatic carbocycles. The third-order valence-corrected chi connectivity index (χ3v) is 4.48. The molecule has 0 aliphatic heterocycles. The maximum absolute atomic E-state index is 11.8. The van der Waals surface area contributed by atoms with E-state index >= 15 is 0 Å². The Kier molecular flexibility index (Phi) is 7.62. The molecule has 26 heavy (non-hydrogen) atoms. The Morgan fingerprint density at radius 2 is 2.15 bits per heavy atom. The first kappa shape index (κ1) is 20.4. The third kappa shape index (κ3) is 5.55. The SMILES string of the molecule is CCCNC(=O)CN(C)Cn1nc(COc2ccccc2Cl)n(C)c1=S. The van der Waals surface area contributed by atoms with E-state index in [-0.39, 0.29) is 19.1 Å². The van der Waals surface area contributed by atoms with Gasteiger partial charge in [-0.05, 0) is 37.8 Å². The number of nitrogens with one attached hydrogen (secondary N) is 1. The van der Waals surface area contributed by atoms with E-state index in [1.807, 2.05) is 38.1 Å². The summed E-state index contributed by atoms with van der Waals surface area (Å²) < 4.78 is 9.76. The van der Waals surface area contributed by atoms with Gasteiger partial charge in [0.15, 0.2) is 10.6 Å². The lowest BCUT2D eigenvalue weighted by Crippen LogP contribution is -2.36. The summed E-state index contributed by atoms with van der Waals surface area (Å²) in [5.74, 6) is 1.26. The number of nitrogens with zero attached hydrogens (tertiary/aromatic N) is 4. The average molecular weight is 398 g/mol. The van der Waals surface area contributed by atoms with E-state index in [2.05, 4.69) is 10.4 Å². The molecular formula is C17H24ClN5O2S. The molecule has 2 aromatic rings. The van der Waals surface area contributed by atoms with Crippen molar-refractivity contribution in [3.05, 3.63) is 39.9 Å². The fraction of sp³-hybridized carbons (Fsp3) is 0.471. The molecule has 0 saturated carbocycles. The summed E-state index contributed by atoms with van der Waals surface area (Å²) >= 11 is 11.5. The highest BCUT2D eigenvalue weighted by Gasteiger charge is 2.12. The zero-order chi connectivity index (χ0) is 19.1. The van der Waals surface area contributed by atoms with Gasteiger partial charge in [-0.1, -0.05) is 30.7 Å². The van der Waals surface area contributed by atoms with Crippen LogP contribution in [-0.2, 0) is 25.1 Å². The van der Waals surface area contributed by atoms with Gasteiger partial charge in [-0.3, -0.25) is 9.69 Å². The number of aromatic nitrogens is 3. The van der Waals surface area contributed by atoms with E-state index in [4.69, 9.17) is 28.6 Å². The van der Waals surface area contributed by atoms with Gasteiger partial charge in [0.25, 0.3) is 0 Å². The van der Waals surface area contributed by atoms with Crippen molar-refractivity contribution < 1.29 is 9.53 Å². The molecule has 0 fully saturated rings. The van der Waals surface area contributed by atoms with Crippen LogP contribution in [-0.4, -0.2) is 45.3 Å². The zero-order valence-corrected chi connectivity index (χ0v) is 16.8. The fourth-order valence-corrected chi connectivity index (χ4v) is 2.69. The van der Waals surface area contributed by atoms with E-state index in [9.17, 15) is 4.79 Å². The van der Waals surface area contributed by atoms with Crippen molar-refractivity contribution in [1.29, 1.82) is 0 Å². The van der Waals surface area contributed by atoms with Gasteiger partial charge < -0.3 is 14.6 Å². The van der Waals surface area contributed by atoms with Crippen LogP contribution in [0.3, 0.4) is 0 Å². The second kappa shape index (κ2) is 9.70. The predicted octanol–water partition coefficient (Wildman–Crippen LogP) is 2.60. The molecule has 0 unspecified atom stereocenters. The van der Waals surface area contributed by atoms with Gasteiger partial charge in [-0.2, -0.15) is 5.10 Å². The second-order valence-electron chi connectivity index (χ2n) is 5.98. The minimum atomic E-state index is -0.0147. The molecule has 1 N–H and O–H groups in total. The summed E-state index contributed by atoms with van der Waals surface area (Å²) in [6, 6.07) is 7.28. The molecule has 142 valence electrons. The lowest BCUT2D eigenvalue weighted by molar-refractivity contribution is -0.122. The van der Waals surface area contributed by atoms with Crippen molar-refractivity contribution in [3.8, 4) is 5.75 Å². The Morgan fingerprint density at radius 1 is 1.42 bits per heavy atom. The molecule has 0 bridgehead atoms. The number of hydrogen-bond acceptors (Lipinski definition) is 5. The standard InChI is InChI=1S/C17H24ClN5O2S/c1-4-9-19-16(24)10-21(2)12-23-17(26)22(3)15(20-23)11-25-14-8-6-5-7-13(14)18/h5-8H,4,9-12H2,1-3H3,(H,19,24). The second-order valence-corrected chi connectivity index (χ2v) is 6.75. The molecule has 0 saturated heterocycles. The topological polar surface area (TPSA) is 64.3 Å². The van der Waals surface area contributed by atoms with Gasteiger partial charge in [0.2, 0.25) is 5.91 Å². The lowest BCUT2D eigenvalue weighted by Gasteiger charge is -2.15. The van der Waals surface area contributed by atoms with Gasteiger partial charge in [-0.15, -0.1) is 0 Å². The molecule has 0 radical (unpaired) electrons. The molecule has 9 heteroatoms. The van der Waals surface area contributed by atoms with Gasteiger partial charge >= 0.3 is 0 Å². The van der Waals surface area contributed by atoms with Gasteiger partial charge in [0.05, 0.1) is 18.2 Å². The molecule has 1 aromatic carbocycles. The number of likely N-dealkylation sites (N-methyl/N-ethyl adjacent to an activating group) is 1. The largest absolute Gasteiger partial charge is 0.484 e. The van der Waals surface area contributed by atoms with E-state index < -0.39 is 0 Å². The summed E-state index contributed by atoms with van der Waals surface area (Å²) in [7, 11) is 3.69. The van der Waals surface area contributed by atoms with Crippen LogP contribution in [0, 0.1) is 4.77 Å². The van der Waals surface area contributed by atoms with Crippen LogP contribution in [0.2, 0.25) is 5.02 Å². The smallest absolute Gasteiger partial charge is 0.234 e. The molecule has 0 aliphatic rings. The van der Waals surface area contributed by atoms with E-state index in [1.165, 1.54) is 0 Å². The van der Waals surface area contributed by atoms with Gasteiger partial charge in [-0.25, -0.2) is 4.68 Å². The number of carbonyl (C=O) groups is 1. The lowest BCUT2D eigenvalue weighted by atomic mass is 10.3. The number of para-hydroxylation sites is 1. The summed E-state index contributed by atoms with van der Waals surface area (Å²) in [6.07, 6.45) is 0.912. The van der Waals surface area contributed by atoms with Crippen molar-refractivity contribution in [3.63, 3.8) is 0 Å². The van der Waals surface area contributed by atoms with E-state index in [0.29, 0.717) is 34.6 Å². The van der Waals surface area contributed by atoms with Crippen molar-refractivity contribution in [2.24, 2.45) is 7.05 Å². The van der Waals surface area contributed by atoms with Gasteiger partial charge in [0.1, 0.15) is 12.4 Å². The highest BCUT2D eigenvalue weighted by atomic mass is 35.5. The van der Waals surface area contributed by atoms with Crippen LogP contribution in [0.5, 0.6) is 5.75 Å². The molecule has 0 atom stereocenters. The summed E-state index contributed by atoms with van der Waals surface area (Å²) in [5.41, 5.74) is 0. The Bertz CT molecular complexity index is 805. The molecule has 7 nitrogen and oxygen atoms in total. The molecule has 0 spiro atoms. The number of halogens is 1. The monoisotopic (exact) mass is 397 g/mol. The Labute approximate surface area is 163 Å². The first-order valence-electron chi connectivity index (χ1n) is 8.37. The normalized spacial score (nSPS) is 11.0. The Balaban J connectivity index is 1.99. The molecule has 1 amide bonds. The number of carbonyl (C=O) groups excluding carboxylic acids is 1. The number of hydrogen-bond donors (Lipinski definition) is 1. The fourth-order valence-electron chi connectivity index (χ4n) is 2.30. The first-order chi connectivity index (χ1) is 12.4. The third-order valence-electron chi connectivity index (χ3n) is 3.69. The summed E-state index contributed by atoms with van der Waals surface area (Å²) in [4.78, 5) is 13.7. The van der Waals surface area contributed by atoms with Crippen molar-refractivity contribution in [1.82, 2.24) is 24.6 Å². The van der Waals surface area contributed by atoms with Crippen LogP contribution in [0.1, 0.15) is 19.2 Å². The van der Waals surface area contributed by atoms with Crippen molar-refractivity contribution >= 4 is 29.7 Å². The molecule has 2 rings (SSSR count). The number of rotatable bonds is 9. The quantitative estimate of drug-likeness (QED) is 0.659.